The molecule has 2 N–H and O–H groups in total. The Balaban J connectivity index is 1.76. The van der Waals surface area contributed by atoms with E-state index >= 15 is 0 Å². The molecule has 0 radical (unpaired) electrons. The lowest BCUT2D eigenvalue weighted by Crippen LogP contribution is -2.51. The third kappa shape index (κ3) is 5.36. The van der Waals surface area contributed by atoms with Gasteiger partial charge in [-0.3, -0.25) is 9.36 Å². The van der Waals surface area contributed by atoms with Crippen LogP contribution in [0.1, 0.15) is 43.7 Å². The number of aliphatic hydroxyl groups excluding tert-OH is 1. The first-order valence-electron chi connectivity index (χ1n) is 11.5. The molecule has 9 nitrogen and oxygen atoms in total. The zero-order chi connectivity index (χ0) is 25.8. The fraction of sp³-hybridized carbons (Fsp3) is 0.650. The lowest BCUT2D eigenvalue weighted by Gasteiger charge is -2.39. The van der Waals surface area contributed by atoms with Crippen LogP contribution in [0.4, 0.5) is 19.1 Å². The number of fused-ring (bicyclic) bond motifs is 1. The van der Waals surface area contributed by atoms with Gasteiger partial charge in [-0.1, -0.05) is 0 Å². The molecule has 15 heteroatoms. The Bertz CT molecular complexity index is 1280. The normalized spacial score (nSPS) is 26.0. The Morgan fingerprint density at radius 2 is 1.94 bits per heavy atom. The summed E-state index contributed by atoms with van der Waals surface area (Å²) in [6.45, 7) is 0.609. The minimum absolute atomic E-state index is 0.000535. The minimum atomic E-state index is -3.47. The van der Waals surface area contributed by atoms with Crippen molar-refractivity contribution >= 4 is 42.7 Å². The SMILES string of the molecule is BC1(Nc2ncc3cc(C(B)(F)F)c(=O)n([C@H]4C[C@H](O)CC[C@@H]4F)c3n2)CCN(S(C)(=O)=O)CC1. The Hall–Kier alpha value is -2.12. The first-order chi connectivity index (χ1) is 16.2. The van der Waals surface area contributed by atoms with Crippen LogP contribution < -0.4 is 10.9 Å². The molecule has 0 bridgehead atoms. The van der Waals surface area contributed by atoms with E-state index in [0.717, 1.165) is 16.9 Å². The summed E-state index contributed by atoms with van der Waals surface area (Å²) in [6.07, 6.45) is 1.15. The number of nitrogens with zero attached hydrogens (tertiary/aromatic N) is 4. The van der Waals surface area contributed by atoms with Crippen molar-refractivity contribution in [2.24, 2.45) is 0 Å². The van der Waals surface area contributed by atoms with Crippen LogP contribution in [0.15, 0.2) is 17.1 Å². The van der Waals surface area contributed by atoms with E-state index in [2.05, 4.69) is 15.3 Å². The maximum atomic E-state index is 14.9. The third-order valence-corrected chi connectivity index (χ3v) is 8.30. The molecule has 3 heterocycles. The lowest BCUT2D eigenvalue weighted by atomic mass is 9.71. The summed E-state index contributed by atoms with van der Waals surface area (Å²) in [5, 5.41) is 13.4. The molecule has 0 spiro atoms. The summed E-state index contributed by atoms with van der Waals surface area (Å²) in [5.41, 5.74) is -2.40. The highest BCUT2D eigenvalue weighted by Gasteiger charge is 2.37. The van der Waals surface area contributed by atoms with Crippen molar-refractivity contribution < 1.29 is 26.7 Å². The molecule has 2 fully saturated rings. The number of hydrogen-bond donors (Lipinski definition) is 2. The van der Waals surface area contributed by atoms with E-state index in [-0.39, 0.29) is 36.2 Å². The standard InChI is InChI=1S/C20H28B2F3N5O4S/c1-35(33,34)29-6-4-19(21,5-7-29)28-18-26-10-11-8-13(20(22,24)25)17(32)30(16(11)27-18)15-9-12(31)2-3-14(15)23/h8,10,12,14-15,31H,2-7,9,21-22H2,1H3,(H,26,27,28)/t12-,14+,15+/m1/s1. The van der Waals surface area contributed by atoms with E-state index in [4.69, 9.17) is 0 Å². The molecular weight excluding hydrogens is 485 g/mol. The third-order valence-electron chi connectivity index (χ3n) is 6.99. The monoisotopic (exact) mass is 513 g/mol. The van der Waals surface area contributed by atoms with Crippen LogP contribution in [0.2, 0.25) is 0 Å². The van der Waals surface area contributed by atoms with Crippen LogP contribution in [-0.2, 0) is 15.8 Å². The van der Waals surface area contributed by atoms with Crippen molar-refractivity contribution in [1.29, 1.82) is 0 Å². The molecule has 1 saturated carbocycles. The number of rotatable bonds is 5. The molecular formula is C20H28B2F3N5O4S. The highest BCUT2D eigenvalue weighted by molar-refractivity contribution is 7.88. The Morgan fingerprint density at radius 1 is 1.29 bits per heavy atom. The largest absolute Gasteiger partial charge is 0.393 e. The van der Waals surface area contributed by atoms with Crippen molar-refractivity contribution in [1.82, 2.24) is 18.8 Å². The molecule has 2 aromatic heterocycles. The molecule has 2 aromatic rings. The van der Waals surface area contributed by atoms with E-state index in [1.54, 1.807) is 0 Å². The summed E-state index contributed by atoms with van der Waals surface area (Å²) in [4.78, 5) is 21.8. The molecule has 2 aliphatic rings. The van der Waals surface area contributed by atoms with Crippen LogP contribution in [-0.4, -0.2) is 85.1 Å². The van der Waals surface area contributed by atoms with Crippen LogP contribution in [0.25, 0.3) is 11.0 Å². The van der Waals surface area contributed by atoms with Gasteiger partial charge in [0.05, 0.1) is 24.0 Å². The first-order valence-corrected chi connectivity index (χ1v) is 13.4. The predicted molar refractivity (Wildman–Crippen MR) is 131 cm³/mol. The Labute approximate surface area is 203 Å². The lowest BCUT2D eigenvalue weighted by molar-refractivity contribution is 0.0539. The second kappa shape index (κ2) is 9.07. The van der Waals surface area contributed by atoms with Gasteiger partial charge in [-0.05, 0) is 38.2 Å². The van der Waals surface area contributed by atoms with Crippen molar-refractivity contribution in [3.05, 3.63) is 28.2 Å². The van der Waals surface area contributed by atoms with Gasteiger partial charge in [0.25, 0.3) is 5.56 Å². The van der Waals surface area contributed by atoms with E-state index in [0.29, 0.717) is 33.8 Å². The van der Waals surface area contributed by atoms with Gasteiger partial charge in [-0.15, -0.1) is 0 Å². The fourth-order valence-corrected chi connectivity index (χ4v) is 5.71. The number of aliphatic hydroxyl groups is 1. The van der Waals surface area contributed by atoms with Gasteiger partial charge < -0.3 is 10.4 Å². The van der Waals surface area contributed by atoms with E-state index in [1.165, 1.54) is 10.5 Å². The molecule has 1 aliphatic carbocycles. The zero-order valence-electron chi connectivity index (χ0n) is 19.8. The van der Waals surface area contributed by atoms with Crippen LogP contribution in [0, 0.1) is 0 Å². The van der Waals surface area contributed by atoms with E-state index in [9.17, 15) is 31.5 Å². The molecule has 0 aromatic carbocycles. The molecule has 4 rings (SSSR count). The molecule has 1 aliphatic heterocycles. The molecule has 190 valence electrons. The quantitative estimate of drug-likeness (QED) is 0.528. The molecule has 3 atom stereocenters. The van der Waals surface area contributed by atoms with Crippen molar-refractivity contribution in [2.45, 2.75) is 61.7 Å². The number of alkyl halides is 3. The second-order valence-corrected chi connectivity index (χ2v) is 12.0. The minimum Gasteiger partial charge on any atom is -0.393 e. The molecule has 0 unspecified atom stereocenters. The Morgan fingerprint density at radius 3 is 2.54 bits per heavy atom. The topological polar surface area (TPSA) is 117 Å². The Kier molecular flexibility index (Phi) is 6.73. The number of sulfonamides is 1. The zero-order valence-corrected chi connectivity index (χ0v) is 20.7. The van der Waals surface area contributed by atoms with E-state index < -0.39 is 50.7 Å². The number of piperidine rings is 1. The van der Waals surface area contributed by atoms with Crippen molar-refractivity contribution in [3.8, 4) is 0 Å². The van der Waals surface area contributed by atoms with Crippen molar-refractivity contribution in [3.63, 3.8) is 0 Å². The fourth-order valence-electron chi connectivity index (χ4n) is 4.86. The molecule has 1 saturated heterocycles. The maximum Gasteiger partial charge on any atom is 0.260 e. The summed E-state index contributed by atoms with van der Waals surface area (Å²) in [5.74, 6) is -3.35. The first kappa shape index (κ1) is 26.0. The van der Waals surface area contributed by atoms with Crippen LogP contribution in [0.3, 0.4) is 0 Å². The molecule has 35 heavy (non-hydrogen) atoms. The number of aromatic nitrogens is 3. The van der Waals surface area contributed by atoms with Gasteiger partial charge in [0.2, 0.25) is 21.8 Å². The number of nitrogens with one attached hydrogen (secondary N) is 1. The number of anilines is 1. The van der Waals surface area contributed by atoms with Gasteiger partial charge in [0.15, 0.2) is 7.85 Å². The highest BCUT2D eigenvalue weighted by Crippen LogP contribution is 2.34. The molecule has 0 amide bonds. The summed E-state index contributed by atoms with van der Waals surface area (Å²) < 4.78 is 69.4. The summed E-state index contributed by atoms with van der Waals surface area (Å²) in [7, 11) is -0.815. The average molecular weight is 513 g/mol. The second-order valence-electron chi connectivity index (χ2n) is 9.99. The van der Waals surface area contributed by atoms with Crippen LogP contribution in [0.5, 0.6) is 0 Å². The summed E-state index contributed by atoms with van der Waals surface area (Å²) >= 11 is 0. The predicted octanol–water partition coefficient (Wildman–Crippen LogP) is -0.305. The smallest absolute Gasteiger partial charge is 0.260 e. The highest BCUT2D eigenvalue weighted by atomic mass is 32.2. The van der Waals surface area contributed by atoms with Gasteiger partial charge in [-0.25, -0.2) is 30.9 Å². The van der Waals surface area contributed by atoms with Gasteiger partial charge in [0, 0.05) is 30.1 Å². The van der Waals surface area contributed by atoms with Crippen molar-refractivity contribution in [2.75, 3.05) is 24.7 Å². The van der Waals surface area contributed by atoms with Gasteiger partial charge >= 0.3 is 0 Å². The number of hydrogen-bond acceptors (Lipinski definition) is 7. The maximum absolute atomic E-state index is 14.9. The van der Waals surface area contributed by atoms with Gasteiger partial charge in [0.1, 0.15) is 19.7 Å². The average Bonchev–Trinajstić information content (AvgIpc) is 2.74. The van der Waals surface area contributed by atoms with Crippen LogP contribution >= 0.6 is 0 Å². The van der Waals surface area contributed by atoms with Gasteiger partial charge in [-0.2, -0.15) is 4.98 Å². The van der Waals surface area contributed by atoms with E-state index in [1.807, 2.05) is 7.85 Å². The number of pyridine rings is 1. The summed E-state index contributed by atoms with van der Waals surface area (Å²) in [6, 6.07) is -0.121. The number of halogens is 3.